The molecule has 0 saturated carbocycles. The zero-order valence-corrected chi connectivity index (χ0v) is 11.9. The lowest BCUT2D eigenvalue weighted by atomic mass is 10.0. The Kier molecular flexibility index (Phi) is 4.12. The normalized spacial score (nSPS) is 20.8. The minimum absolute atomic E-state index is 0.463. The Hall–Kier alpha value is -1.22. The average Bonchev–Trinajstić information content (AvgIpc) is 2.85. The minimum atomic E-state index is 0.463. The van der Waals surface area contributed by atoms with E-state index in [1.165, 1.54) is 23.4 Å². The Morgan fingerprint density at radius 1 is 1.39 bits per heavy atom. The Bertz CT molecular complexity index is 397. The lowest BCUT2D eigenvalue weighted by Gasteiger charge is -2.23. The zero-order valence-electron chi connectivity index (χ0n) is 11.9. The molecular weight excluding hydrogens is 224 g/mol. The molecule has 0 spiro atoms. The van der Waals surface area contributed by atoms with Crippen molar-refractivity contribution < 1.29 is 4.74 Å². The van der Waals surface area contributed by atoms with Gasteiger partial charge < -0.3 is 15.0 Å². The number of nitrogens with zero attached hydrogens (tertiary/aromatic N) is 1. The fourth-order valence-electron chi connectivity index (χ4n) is 2.51. The first kappa shape index (κ1) is 13.2. The van der Waals surface area contributed by atoms with Gasteiger partial charge in [-0.05, 0) is 38.0 Å². The van der Waals surface area contributed by atoms with Crippen molar-refractivity contribution in [2.75, 3.05) is 37.5 Å². The van der Waals surface area contributed by atoms with E-state index in [0.29, 0.717) is 12.0 Å². The van der Waals surface area contributed by atoms with Crippen LogP contribution in [0.1, 0.15) is 18.9 Å². The molecule has 0 radical (unpaired) electrons. The third-order valence-corrected chi connectivity index (χ3v) is 3.76. The maximum Gasteiger partial charge on any atom is 0.0514 e. The molecule has 0 amide bonds. The topological polar surface area (TPSA) is 24.5 Å². The largest absolute Gasteiger partial charge is 0.382 e. The molecule has 1 fully saturated rings. The van der Waals surface area contributed by atoms with E-state index >= 15 is 0 Å². The highest BCUT2D eigenvalue weighted by atomic mass is 16.5. The van der Waals surface area contributed by atoms with Gasteiger partial charge in [0, 0.05) is 44.0 Å². The lowest BCUT2D eigenvalue weighted by molar-refractivity contribution is 0.183. The van der Waals surface area contributed by atoms with Crippen LogP contribution in [0.2, 0.25) is 0 Å². The van der Waals surface area contributed by atoms with Gasteiger partial charge in [0.2, 0.25) is 0 Å². The van der Waals surface area contributed by atoms with Crippen LogP contribution < -0.4 is 10.2 Å². The van der Waals surface area contributed by atoms with Gasteiger partial charge in [0.15, 0.2) is 0 Å². The molecule has 1 saturated heterocycles. The van der Waals surface area contributed by atoms with Crippen molar-refractivity contribution in [1.29, 1.82) is 0 Å². The maximum atomic E-state index is 5.45. The number of nitrogens with one attached hydrogen (secondary N) is 1. The number of hydrogen-bond donors (Lipinski definition) is 1. The van der Waals surface area contributed by atoms with Crippen LogP contribution in [0.5, 0.6) is 0 Å². The van der Waals surface area contributed by atoms with Gasteiger partial charge in [0.25, 0.3) is 0 Å². The Labute approximate surface area is 110 Å². The van der Waals surface area contributed by atoms with Crippen LogP contribution in [-0.4, -0.2) is 33.4 Å². The van der Waals surface area contributed by atoms with Crippen molar-refractivity contribution in [3.8, 4) is 0 Å². The molecule has 3 nitrogen and oxygen atoms in total. The molecule has 1 aliphatic heterocycles. The van der Waals surface area contributed by atoms with Gasteiger partial charge >= 0.3 is 0 Å². The average molecular weight is 248 g/mol. The second-order valence-electron chi connectivity index (χ2n) is 5.45. The van der Waals surface area contributed by atoms with E-state index in [0.717, 1.165) is 13.2 Å². The van der Waals surface area contributed by atoms with E-state index in [9.17, 15) is 0 Å². The summed E-state index contributed by atoms with van der Waals surface area (Å²) in [7, 11) is 4.17. The van der Waals surface area contributed by atoms with Crippen LogP contribution in [-0.2, 0) is 4.74 Å². The van der Waals surface area contributed by atoms with Gasteiger partial charge in [-0.15, -0.1) is 0 Å². The summed E-state index contributed by atoms with van der Waals surface area (Å²) in [5.74, 6) is 0.633. The zero-order chi connectivity index (χ0) is 13.1. The molecule has 3 heteroatoms. The quantitative estimate of drug-likeness (QED) is 0.886. The van der Waals surface area contributed by atoms with Crippen molar-refractivity contribution in [3.63, 3.8) is 0 Å². The van der Waals surface area contributed by atoms with Gasteiger partial charge in [-0.2, -0.15) is 0 Å². The monoisotopic (exact) mass is 248 g/mol. The number of anilines is 2. The molecule has 1 N–H and O–H groups in total. The summed E-state index contributed by atoms with van der Waals surface area (Å²) in [6.07, 6.45) is 1.17. The second-order valence-corrected chi connectivity index (χ2v) is 5.45. The van der Waals surface area contributed by atoms with Crippen LogP contribution in [0, 0.1) is 12.8 Å². The van der Waals surface area contributed by atoms with Crippen LogP contribution in [0.15, 0.2) is 18.2 Å². The first-order chi connectivity index (χ1) is 8.58. The first-order valence-corrected chi connectivity index (χ1v) is 6.70. The fraction of sp³-hybridized carbons (Fsp3) is 0.600. The summed E-state index contributed by atoms with van der Waals surface area (Å²) in [5.41, 5.74) is 3.78. The summed E-state index contributed by atoms with van der Waals surface area (Å²) in [4.78, 5) is 2.16. The summed E-state index contributed by atoms with van der Waals surface area (Å²) >= 11 is 0. The highest BCUT2D eigenvalue weighted by molar-refractivity contribution is 5.62. The van der Waals surface area contributed by atoms with E-state index in [4.69, 9.17) is 4.74 Å². The van der Waals surface area contributed by atoms with Crippen molar-refractivity contribution in [2.24, 2.45) is 5.92 Å². The molecule has 18 heavy (non-hydrogen) atoms. The molecule has 2 atom stereocenters. The smallest absolute Gasteiger partial charge is 0.0514 e. The van der Waals surface area contributed by atoms with E-state index in [-0.39, 0.29) is 0 Å². The highest BCUT2D eigenvalue weighted by Crippen LogP contribution is 2.25. The highest BCUT2D eigenvalue weighted by Gasteiger charge is 2.22. The summed E-state index contributed by atoms with van der Waals surface area (Å²) in [6, 6.07) is 7.02. The van der Waals surface area contributed by atoms with Gasteiger partial charge in [0.1, 0.15) is 0 Å². The first-order valence-electron chi connectivity index (χ1n) is 6.70. The van der Waals surface area contributed by atoms with Crippen LogP contribution in [0.4, 0.5) is 11.4 Å². The van der Waals surface area contributed by atoms with E-state index in [1.54, 1.807) is 0 Å². The van der Waals surface area contributed by atoms with Gasteiger partial charge in [-0.3, -0.25) is 0 Å². The number of benzene rings is 1. The van der Waals surface area contributed by atoms with Crippen molar-refractivity contribution in [2.45, 2.75) is 26.3 Å². The molecule has 1 heterocycles. The Morgan fingerprint density at radius 3 is 2.78 bits per heavy atom. The minimum Gasteiger partial charge on any atom is -0.382 e. The van der Waals surface area contributed by atoms with Gasteiger partial charge in [-0.25, -0.2) is 0 Å². The van der Waals surface area contributed by atoms with E-state index in [1.807, 2.05) is 0 Å². The Balaban J connectivity index is 2.06. The third kappa shape index (κ3) is 2.96. The standard InChI is InChI=1S/C15H24N2O/c1-11-5-6-14(9-15(11)17(3)4)16-12(2)13-7-8-18-10-13/h5-6,9,12-13,16H,7-8,10H2,1-4H3. The van der Waals surface area contributed by atoms with Crippen molar-refractivity contribution in [3.05, 3.63) is 23.8 Å². The predicted molar refractivity (Wildman–Crippen MR) is 77.5 cm³/mol. The molecule has 2 rings (SSSR count). The maximum absolute atomic E-state index is 5.45. The summed E-state index contributed by atoms with van der Waals surface area (Å²) in [6.45, 7) is 6.19. The number of hydrogen-bond acceptors (Lipinski definition) is 3. The van der Waals surface area contributed by atoms with E-state index in [2.05, 4.69) is 56.4 Å². The van der Waals surface area contributed by atoms with Crippen molar-refractivity contribution >= 4 is 11.4 Å². The van der Waals surface area contributed by atoms with E-state index < -0.39 is 0 Å². The molecule has 1 aromatic carbocycles. The lowest BCUT2D eigenvalue weighted by Crippen LogP contribution is -2.26. The third-order valence-electron chi connectivity index (χ3n) is 3.76. The predicted octanol–water partition coefficient (Wildman–Crippen LogP) is 2.90. The molecule has 1 aliphatic rings. The molecular formula is C15H24N2O. The molecule has 0 aliphatic carbocycles. The van der Waals surface area contributed by atoms with Crippen LogP contribution in [0.3, 0.4) is 0 Å². The molecule has 0 bridgehead atoms. The molecule has 1 aromatic rings. The summed E-state index contributed by atoms with van der Waals surface area (Å²) < 4.78 is 5.45. The molecule has 2 unspecified atom stereocenters. The summed E-state index contributed by atoms with van der Waals surface area (Å²) in [5, 5.41) is 3.60. The number of ether oxygens (including phenoxy) is 1. The van der Waals surface area contributed by atoms with Crippen LogP contribution in [0.25, 0.3) is 0 Å². The van der Waals surface area contributed by atoms with Gasteiger partial charge in [-0.1, -0.05) is 6.07 Å². The van der Waals surface area contributed by atoms with Gasteiger partial charge in [0.05, 0.1) is 6.61 Å². The number of rotatable bonds is 4. The second kappa shape index (κ2) is 5.61. The molecule has 0 aromatic heterocycles. The van der Waals surface area contributed by atoms with Crippen molar-refractivity contribution in [1.82, 2.24) is 0 Å². The SMILES string of the molecule is Cc1ccc(NC(C)C2CCOC2)cc1N(C)C. The fourth-order valence-corrected chi connectivity index (χ4v) is 2.51. The number of aryl methyl sites for hydroxylation is 1. The van der Waals surface area contributed by atoms with Crippen LogP contribution >= 0.6 is 0 Å². The Morgan fingerprint density at radius 2 is 2.17 bits per heavy atom. The molecule has 100 valence electrons.